The smallest absolute Gasteiger partial charge is 0.248 e. The number of ether oxygens (including phenoxy) is 2. The second kappa shape index (κ2) is 4.50. The molecule has 0 saturated carbocycles. The first-order valence-electron chi connectivity index (χ1n) is 4.30. The molecule has 1 aromatic carbocycles. The molecule has 0 bridgehead atoms. The summed E-state index contributed by atoms with van der Waals surface area (Å²) in [5.74, 6) is 0.615. The number of rotatable bonds is 4. The van der Waals surface area contributed by atoms with Crippen LogP contribution < -0.4 is 15.2 Å². The van der Waals surface area contributed by atoms with Crippen LogP contribution in [0, 0.1) is 0 Å². The highest BCUT2D eigenvalue weighted by Gasteiger charge is 2.08. The summed E-state index contributed by atoms with van der Waals surface area (Å²) in [6.45, 7) is 3.59. The van der Waals surface area contributed by atoms with Gasteiger partial charge in [0.1, 0.15) is 11.5 Å². The normalized spacial score (nSPS) is 9.47. The van der Waals surface area contributed by atoms with Crippen LogP contribution in [0.2, 0.25) is 0 Å². The van der Waals surface area contributed by atoms with Gasteiger partial charge < -0.3 is 15.2 Å². The van der Waals surface area contributed by atoms with Gasteiger partial charge in [-0.15, -0.1) is 0 Å². The van der Waals surface area contributed by atoms with Crippen molar-refractivity contribution in [3.63, 3.8) is 0 Å². The maximum Gasteiger partial charge on any atom is 0.248 e. The van der Waals surface area contributed by atoms with Crippen molar-refractivity contribution in [3.05, 3.63) is 30.3 Å². The minimum atomic E-state index is -0.565. The molecule has 0 aliphatic heterocycles. The Kier molecular flexibility index (Phi) is 3.33. The quantitative estimate of drug-likeness (QED) is 0.754. The first-order chi connectivity index (χ1) is 7.08. The first-order valence-corrected chi connectivity index (χ1v) is 4.30. The van der Waals surface area contributed by atoms with Crippen molar-refractivity contribution in [1.82, 2.24) is 0 Å². The molecule has 1 aromatic rings. The van der Waals surface area contributed by atoms with Crippen molar-refractivity contribution >= 4 is 11.5 Å². The van der Waals surface area contributed by atoms with Crippen molar-refractivity contribution < 1.29 is 14.3 Å². The number of amides is 1. The van der Waals surface area contributed by atoms with Crippen LogP contribution in [0.25, 0.3) is 5.57 Å². The van der Waals surface area contributed by atoms with Crippen molar-refractivity contribution in [1.29, 1.82) is 0 Å². The summed E-state index contributed by atoms with van der Waals surface area (Å²) in [4.78, 5) is 10.9. The zero-order chi connectivity index (χ0) is 11.4. The molecule has 0 radical (unpaired) electrons. The van der Waals surface area contributed by atoms with E-state index >= 15 is 0 Å². The standard InChI is InChI=1S/C11H13NO3/c1-7(11(12)13)8-4-9(14-2)6-10(5-8)15-3/h4-6H,1H2,2-3H3,(H2,12,13). The Hall–Kier alpha value is -1.97. The zero-order valence-corrected chi connectivity index (χ0v) is 8.74. The van der Waals surface area contributed by atoms with Crippen LogP contribution >= 0.6 is 0 Å². The predicted molar refractivity (Wildman–Crippen MR) is 57.8 cm³/mol. The summed E-state index contributed by atoms with van der Waals surface area (Å²) in [6.07, 6.45) is 0. The number of hydrogen-bond donors (Lipinski definition) is 1. The van der Waals surface area contributed by atoms with Crippen molar-refractivity contribution in [2.45, 2.75) is 0 Å². The van der Waals surface area contributed by atoms with Crippen molar-refractivity contribution in [2.75, 3.05) is 14.2 Å². The van der Waals surface area contributed by atoms with E-state index in [0.29, 0.717) is 17.1 Å². The van der Waals surface area contributed by atoms with Crippen LogP contribution in [0.5, 0.6) is 11.5 Å². The fourth-order valence-electron chi connectivity index (χ4n) is 1.12. The topological polar surface area (TPSA) is 61.6 Å². The Labute approximate surface area is 88.3 Å². The molecular formula is C11H13NO3. The van der Waals surface area contributed by atoms with E-state index in [1.807, 2.05) is 0 Å². The summed E-state index contributed by atoms with van der Waals surface area (Å²) in [5.41, 5.74) is 5.96. The molecule has 0 heterocycles. The molecule has 2 N–H and O–H groups in total. The van der Waals surface area contributed by atoms with Gasteiger partial charge in [0.15, 0.2) is 0 Å². The fourth-order valence-corrected chi connectivity index (χ4v) is 1.12. The molecule has 1 amide bonds. The summed E-state index contributed by atoms with van der Waals surface area (Å²) in [6, 6.07) is 5.06. The Morgan fingerprint density at radius 2 is 1.67 bits per heavy atom. The predicted octanol–water partition coefficient (Wildman–Crippen LogP) is 1.20. The Morgan fingerprint density at radius 3 is 2.00 bits per heavy atom. The van der Waals surface area contributed by atoms with Gasteiger partial charge in [0.2, 0.25) is 5.91 Å². The van der Waals surface area contributed by atoms with Gasteiger partial charge in [-0.25, -0.2) is 0 Å². The highest BCUT2D eigenvalue weighted by atomic mass is 16.5. The van der Waals surface area contributed by atoms with E-state index in [9.17, 15) is 4.79 Å². The third-order valence-electron chi connectivity index (χ3n) is 2.00. The lowest BCUT2D eigenvalue weighted by molar-refractivity contribution is -0.112. The van der Waals surface area contributed by atoms with E-state index in [1.165, 1.54) is 14.2 Å². The molecule has 0 aromatic heterocycles. The molecule has 0 aliphatic rings. The number of nitrogens with two attached hydrogens (primary N) is 1. The maximum atomic E-state index is 10.9. The lowest BCUT2D eigenvalue weighted by Crippen LogP contribution is -2.12. The number of methoxy groups -OCH3 is 2. The minimum absolute atomic E-state index is 0.229. The van der Waals surface area contributed by atoms with Gasteiger partial charge in [-0.05, 0) is 17.7 Å². The van der Waals surface area contributed by atoms with Crippen LogP contribution in [0.4, 0.5) is 0 Å². The van der Waals surface area contributed by atoms with E-state index in [1.54, 1.807) is 18.2 Å². The van der Waals surface area contributed by atoms with Crippen LogP contribution in [0.15, 0.2) is 24.8 Å². The van der Waals surface area contributed by atoms with Gasteiger partial charge in [-0.1, -0.05) is 6.58 Å². The van der Waals surface area contributed by atoms with Crippen LogP contribution in [0.1, 0.15) is 5.56 Å². The van der Waals surface area contributed by atoms with Crippen molar-refractivity contribution in [2.24, 2.45) is 5.73 Å². The molecule has 4 heteroatoms. The fraction of sp³-hybridized carbons (Fsp3) is 0.182. The van der Waals surface area contributed by atoms with E-state index < -0.39 is 5.91 Å². The molecule has 0 aliphatic carbocycles. The molecule has 0 saturated heterocycles. The molecule has 15 heavy (non-hydrogen) atoms. The Balaban J connectivity index is 3.17. The number of primary amides is 1. The highest BCUT2D eigenvalue weighted by Crippen LogP contribution is 2.26. The van der Waals surface area contributed by atoms with Gasteiger partial charge in [0.25, 0.3) is 0 Å². The van der Waals surface area contributed by atoms with Gasteiger partial charge in [0, 0.05) is 11.6 Å². The summed E-state index contributed by atoms with van der Waals surface area (Å²) in [5, 5.41) is 0. The average molecular weight is 207 g/mol. The minimum Gasteiger partial charge on any atom is -0.497 e. The lowest BCUT2D eigenvalue weighted by atomic mass is 10.1. The molecule has 0 atom stereocenters. The second-order valence-corrected chi connectivity index (χ2v) is 2.94. The van der Waals surface area contributed by atoms with E-state index in [2.05, 4.69) is 6.58 Å². The van der Waals surface area contributed by atoms with Crippen molar-refractivity contribution in [3.8, 4) is 11.5 Å². The number of carbonyl (C=O) groups is 1. The Bertz CT molecular complexity index is 377. The molecule has 0 unspecified atom stereocenters. The molecule has 0 fully saturated rings. The first kappa shape index (κ1) is 11.1. The monoisotopic (exact) mass is 207 g/mol. The van der Waals surface area contributed by atoms with E-state index in [4.69, 9.17) is 15.2 Å². The van der Waals surface area contributed by atoms with Crippen LogP contribution in [-0.2, 0) is 4.79 Å². The van der Waals surface area contributed by atoms with Gasteiger partial charge in [-0.2, -0.15) is 0 Å². The summed E-state index contributed by atoms with van der Waals surface area (Å²) < 4.78 is 10.1. The molecule has 1 rings (SSSR count). The lowest BCUT2D eigenvalue weighted by Gasteiger charge is -2.08. The number of hydrogen-bond acceptors (Lipinski definition) is 3. The van der Waals surface area contributed by atoms with E-state index in [0.717, 1.165) is 0 Å². The molecule has 80 valence electrons. The number of benzene rings is 1. The SMILES string of the molecule is C=C(C(N)=O)c1cc(OC)cc(OC)c1. The summed E-state index contributed by atoms with van der Waals surface area (Å²) in [7, 11) is 3.07. The Morgan fingerprint density at radius 1 is 1.20 bits per heavy atom. The van der Waals surface area contributed by atoms with Crippen LogP contribution in [-0.4, -0.2) is 20.1 Å². The van der Waals surface area contributed by atoms with Gasteiger partial charge >= 0.3 is 0 Å². The highest BCUT2D eigenvalue weighted by molar-refractivity contribution is 6.18. The summed E-state index contributed by atoms with van der Waals surface area (Å²) >= 11 is 0. The van der Waals surface area contributed by atoms with Crippen LogP contribution in [0.3, 0.4) is 0 Å². The molecule has 0 spiro atoms. The third-order valence-corrected chi connectivity index (χ3v) is 2.00. The largest absolute Gasteiger partial charge is 0.497 e. The molecular weight excluding hydrogens is 194 g/mol. The average Bonchev–Trinajstić information content (AvgIpc) is 2.27. The van der Waals surface area contributed by atoms with Gasteiger partial charge in [-0.3, -0.25) is 4.79 Å². The van der Waals surface area contributed by atoms with E-state index in [-0.39, 0.29) is 5.57 Å². The van der Waals surface area contributed by atoms with Gasteiger partial charge in [0.05, 0.1) is 14.2 Å². The molecule has 4 nitrogen and oxygen atoms in total. The zero-order valence-electron chi connectivity index (χ0n) is 8.74. The second-order valence-electron chi connectivity index (χ2n) is 2.94. The maximum absolute atomic E-state index is 10.9. The third kappa shape index (κ3) is 2.49. The number of carbonyl (C=O) groups excluding carboxylic acids is 1.